The summed E-state index contributed by atoms with van der Waals surface area (Å²) in [5, 5.41) is 13.8. The Bertz CT molecular complexity index is 618. The van der Waals surface area contributed by atoms with Gasteiger partial charge in [0, 0.05) is 13.1 Å². The second-order valence-corrected chi connectivity index (χ2v) is 5.28. The molecular formula is C16H16ClNO3. The lowest BCUT2D eigenvalue weighted by molar-refractivity contribution is 0.173. The predicted octanol–water partition coefficient (Wildman–Crippen LogP) is 2.89. The van der Waals surface area contributed by atoms with Crippen LogP contribution in [0.15, 0.2) is 42.5 Å². The van der Waals surface area contributed by atoms with Gasteiger partial charge < -0.3 is 19.9 Å². The van der Waals surface area contributed by atoms with Crippen molar-refractivity contribution in [3.8, 4) is 11.5 Å². The average Bonchev–Trinajstić information content (AvgIpc) is 2.97. The van der Waals surface area contributed by atoms with Crippen molar-refractivity contribution < 1.29 is 14.6 Å². The van der Waals surface area contributed by atoms with Crippen molar-refractivity contribution in [3.05, 3.63) is 58.6 Å². The van der Waals surface area contributed by atoms with Crippen molar-refractivity contribution in [2.24, 2.45) is 0 Å². The highest BCUT2D eigenvalue weighted by molar-refractivity contribution is 6.32. The summed E-state index contributed by atoms with van der Waals surface area (Å²) in [5.74, 6) is 1.27. The molecule has 0 aromatic heterocycles. The lowest BCUT2D eigenvalue weighted by Crippen LogP contribution is -2.21. The fraction of sp³-hybridized carbons (Fsp3) is 0.250. The molecule has 1 unspecified atom stereocenters. The molecule has 0 aliphatic carbocycles. The van der Waals surface area contributed by atoms with Crippen LogP contribution in [-0.4, -0.2) is 18.4 Å². The van der Waals surface area contributed by atoms with Crippen molar-refractivity contribution in [2.45, 2.75) is 12.6 Å². The van der Waals surface area contributed by atoms with Gasteiger partial charge in [0.1, 0.15) is 0 Å². The average molecular weight is 306 g/mol. The predicted molar refractivity (Wildman–Crippen MR) is 80.7 cm³/mol. The van der Waals surface area contributed by atoms with E-state index in [1.165, 1.54) is 0 Å². The van der Waals surface area contributed by atoms with E-state index in [9.17, 15) is 5.11 Å². The maximum atomic E-state index is 10.1. The summed E-state index contributed by atoms with van der Waals surface area (Å²) < 4.78 is 10.6. The molecule has 0 bridgehead atoms. The molecule has 0 radical (unpaired) electrons. The molecule has 0 saturated carbocycles. The molecule has 0 saturated heterocycles. The van der Waals surface area contributed by atoms with Crippen LogP contribution in [0.4, 0.5) is 0 Å². The van der Waals surface area contributed by atoms with Gasteiger partial charge in [-0.2, -0.15) is 0 Å². The van der Waals surface area contributed by atoms with Gasteiger partial charge in [0.05, 0.1) is 11.1 Å². The van der Waals surface area contributed by atoms with Gasteiger partial charge >= 0.3 is 0 Å². The van der Waals surface area contributed by atoms with Gasteiger partial charge in [-0.05, 0) is 23.3 Å². The summed E-state index contributed by atoms with van der Waals surface area (Å²) in [4.78, 5) is 0. The number of hydrogen-bond acceptors (Lipinski definition) is 4. The summed E-state index contributed by atoms with van der Waals surface area (Å²) in [6.07, 6.45) is -0.532. The fourth-order valence-electron chi connectivity index (χ4n) is 2.27. The van der Waals surface area contributed by atoms with Crippen LogP contribution in [0.5, 0.6) is 11.5 Å². The third-order valence-electron chi connectivity index (χ3n) is 3.34. The largest absolute Gasteiger partial charge is 0.454 e. The molecule has 5 heteroatoms. The topological polar surface area (TPSA) is 50.7 Å². The van der Waals surface area contributed by atoms with E-state index in [0.717, 1.165) is 11.1 Å². The minimum Gasteiger partial charge on any atom is -0.454 e. The summed E-state index contributed by atoms with van der Waals surface area (Å²) >= 11 is 6.13. The first-order valence-electron chi connectivity index (χ1n) is 6.76. The smallest absolute Gasteiger partial charge is 0.231 e. The van der Waals surface area contributed by atoms with Crippen molar-refractivity contribution in [1.82, 2.24) is 5.32 Å². The molecule has 0 spiro atoms. The Hall–Kier alpha value is -1.75. The van der Waals surface area contributed by atoms with E-state index in [2.05, 4.69) is 5.32 Å². The molecule has 4 nitrogen and oxygen atoms in total. The van der Waals surface area contributed by atoms with Gasteiger partial charge in [0.25, 0.3) is 0 Å². The Morgan fingerprint density at radius 2 is 2.00 bits per heavy atom. The highest BCUT2D eigenvalue weighted by atomic mass is 35.5. The molecule has 0 fully saturated rings. The molecule has 3 rings (SSSR count). The number of aliphatic hydroxyl groups is 1. The lowest BCUT2D eigenvalue weighted by Gasteiger charge is -2.12. The Kier molecular flexibility index (Phi) is 4.29. The van der Waals surface area contributed by atoms with Crippen LogP contribution in [0, 0.1) is 0 Å². The zero-order valence-corrected chi connectivity index (χ0v) is 12.1. The summed E-state index contributed by atoms with van der Waals surface area (Å²) in [7, 11) is 0. The maximum absolute atomic E-state index is 10.1. The van der Waals surface area contributed by atoms with Gasteiger partial charge in [0.2, 0.25) is 6.79 Å². The van der Waals surface area contributed by atoms with Crippen molar-refractivity contribution in [1.29, 1.82) is 0 Å². The molecule has 0 amide bonds. The van der Waals surface area contributed by atoms with Crippen LogP contribution in [0.25, 0.3) is 0 Å². The molecule has 2 aromatic carbocycles. The van der Waals surface area contributed by atoms with Crippen LogP contribution < -0.4 is 14.8 Å². The summed E-state index contributed by atoms with van der Waals surface area (Å²) in [6, 6.07) is 13.3. The molecule has 1 heterocycles. The third-order valence-corrected chi connectivity index (χ3v) is 3.62. The summed E-state index contributed by atoms with van der Waals surface area (Å²) in [6.45, 7) is 1.27. The molecule has 2 aromatic rings. The van der Waals surface area contributed by atoms with Crippen LogP contribution >= 0.6 is 11.6 Å². The van der Waals surface area contributed by atoms with Gasteiger partial charge in [-0.1, -0.05) is 41.9 Å². The zero-order valence-electron chi connectivity index (χ0n) is 11.4. The second kappa shape index (κ2) is 6.35. The van der Waals surface area contributed by atoms with E-state index in [-0.39, 0.29) is 6.79 Å². The number of hydrogen-bond donors (Lipinski definition) is 2. The quantitative estimate of drug-likeness (QED) is 0.892. The molecular weight excluding hydrogens is 290 g/mol. The van der Waals surface area contributed by atoms with E-state index < -0.39 is 6.10 Å². The zero-order chi connectivity index (χ0) is 14.7. The minimum atomic E-state index is -0.532. The van der Waals surface area contributed by atoms with Gasteiger partial charge in [-0.25, -0.2) is 0 Å². The second-order valence-electron chi connectivity index (χ2n) is 4.87. The van der Waals surface area contributed by atoms with Crippen molar-refractivity contribution in [3.63, 3.8) is 0 Å². The monoisotopic (exact) mass is 305 g/mol. The van der Waals surface area contributed by atoms with E-state index >= 15 is 0 Å². The first-order chi connectivity index (χ1) is 10.2. The highest BCUT2D eigenvalue weighted by Crippen LogP contribution is 2.39. The first-order valence-corrected chi connectivity index (χ1v) is 7.13. The number of nitrogens with one attached hydrogen (secondary N) is 1. The SMILES string of the molecule is OC(CNCc1cc(Cl)c2c(c1)OCO2)c1ccccc1. The van der Waals surface area contributed by atoms with Crippen molar-refractivity contribution in [2.75, 3.05) is 13.3 Å². The number of rotatable bonds is 5. The highest BCUT2D eigenvalue weighted by Gasteiger charge is 2.18. The van der Waals surface area contributed by atoms with E-state index in [4.69, 9.17) is 21.1 Å². The Morgan fingerprint density at radius 3 is 2.81 bits per heavy atom. The van der Waals surface area contributed by atoms with Crippen LogP contribution in [-0.2, 0) is 6.54 Å². The fourth-order valence-corrected chi connectivity index (χ4v) is 2.56. The van der Waals surface area contributed by atoms with Gasteiger partial charge in [0.15, 0.2) is 11.5 Å². The van der Waals surface area contributed by atoms with Crippen LogP contribution in [0.1, 0.15) is 17.2 Å². The molecule has 2 N–H and O–H groups in total. The van der Waals surface area contributed by atoms with E-state index in [1.54, 1.807) is 0 Å². The van der Waals surface area contributed by atoms with E-state index in [0.29, 0.717) is 29.6 Å². The Labute approximate surface area is 128 Å². The standard InChI is InChI=1S/C16H16ClNO3/c17-13-6-11(7-15-16(13)21-10-20-15)8-18-9-14(19)12-4-2-1-3-5-12/h1-7,14,18-19H,8-10H2. The molecule has 21 heavy (non-hydrogen) atoms. The number of benzene rings is 2. The van der Waals surface area contributed by atoms with Gasteiger partial charge in [-0.3, -0.25) is 0 Å². The Balaban J connectivity index is 1.57. The van der Waals surface area contributed by atoms with Crippen molar-refractivity contribution >= 4 is 11.6 Å². The van der Waals surface area contributed by atoms with Crippen LogP contribution in [0.3, 0.4) is 0 Å². The molecule has 110 valence electrons. The molecule has 1 atom stereocenters. The van der Waals surface area contributed by atoms with Crippen LogP contribution in [0.2, 0.25) is 5.02 Å². The summed E-state index contributed by atoms with van der Waals surface area (Å²) in [5.41, 5.74) is 1.89. The van der Waals surface area contributed by atoms with E-state index in [1.807, 2.05) is 42.5 Å². The number of ether oxygens (including phenoxy) is 2. The van der Waals surface area contributed by atoms with Gasteiger partial charge in [-0.15, -0.1) is 0 Å². The molecule has 1 aliphatic heterocycles. The minimum absolute atomic E-state index is 0.207. The first kappa shape index (κ1) is 14.2. The normalized spacial score (nSPS) is 14.2. The number of aliphatic hydroxyl groups excluding tert-OH is 1. The third kappa shape index (κ3) is 3.29. The Morgan fingerprint density at radius 1 is 1.19 bits per heavy atom. The number of halogens is 1. The molecule has 1 aliphatic rings. The maximum Gasteiger partial charge on any atom is 0.231 e. The number of fused-ring (bicyclic) bond motifs is 1. The lowest BCUT2D eigenvalue weighted by atomic mass is 10.1.